The van der Waals surface area contributed by atoms with Gasteiger partial charge in [-0.05, 0) is 36.4 Å². The SMILES string of the molecule is Clc1cccc(-c2csc(=Nc3cccnc3)n2CCc2ccccn2)c1. The van der Waals surface area contributed by atoms with Gasteiger partial charge in [-0.25, -0.2) is 4.99 Å². The fourth-order valence-corrected chi connectivity index (χ4v) is 3.96. The maximum atomic E-state index is 6.21. The van der Waals surface area contributed by atoms with Crippen LogP contribution in [-0.2, 0) is 13.0 Å². The van der Waals surface area contributed by atoms with E-state index in [1.807, 2.05) is 54.7 Å². The summed E-state index contributed by atoms with van der Waals surface area (Å²) in [4.78, 5) is 14.3. The van der Waals surface area contributed by atoms with Crippen LogP contribution in [0.2, 0.25) is 5.02 Å². The smallest absolute Gasteiger partial charge is 0.190 e. The maximum Gasteiger partial charge on any atom is 0.190 e. The highest BCUT2D eigenvalue weighted by molar-refractivity contribution is 7.07. The Morgan fingerprint density at radius 3 is 2.78 bits per heavy atom. The zero-order valence-electron chi connectivity index (χ0n) is 14.5. The molecule has 3 heterocycles. The summed E-state index contributed by atoms with van der Waals surface area (Å²) in [5.74, 6) is 0. The number of aryl methyl sites for hydroxylation is 1. The molecule has 134 valence electrons. The number of thiazole rings is 1. The van der Waals surface area contributed by atoms with E-state index in [9.17, 15) is 0 Å². The third kappa shape index (κ3) is 4.32. The second kappa shape index (κ2) is 8.29. The van der Waals surface area contributed by atoms with Crippen LogP contribution in [0.3, 0.4) is 0 Å². The topological polar surface area (TPSA) is 43.1 Å². The summed E-state index contributed by atoms with van der Waals surface area (Å²) in [6.07, 6.45) is 6.17. The zero-order valence-corrected chi connectivity index (χ0v) is 16.1. The van der Waals surface area contributed by atoms with Crippen LogP contribution in [0.15, 0.2) is 83.6 Å². The van der Waals surface area contributed by atoms with Crippen LogP contribution < -0.4 is 4.80 Å². The Morgan fingerprint density at radius 1 is 1.04 bits per heavy atom. The molecule has 0 aliphatic carbocycles. The van der Waals surface area contributed by atoms with Crippen molar-refractivity contribution >= 4 is 28.6 Å². The van der Waals surface area contributed by atoms with Crippen molar-refractivity contribution in [3.8, 4) is 11.3 Å². The highest BCUT2D eigenvalue weighted by Crippen LogP contribution is 2.24. The van der Waals surface area contributed by atoms with Crippen molar-refractivity contribution in [2.45, 2.75) is 13.0 Å². The van der Waals surface area contributed by atoms with Gasteiger partial charge in [0, 0.05) is 47.0 Å². The van der Waals surface area contributed by atoms with Crippen LogP contribution >= 0.6 is 22.9 Å². The molecule has 4 nitrogen and oxygen atoms in total. The van der Waals surface area contributed by atoms with Crippen LogP contribution in [0.25, 0.3) is 11.3 Å². The van der Waals surface area contributed by atoms with Gasteiger partial charge in [0.25, 0.3) is 0 Å². The predicted octanol–water partition coefficient (Wildman–Crippen LogP) is 5.14. The summed E-state index contributed by atoms with van der Waals surface area (Å²) in [6.45, 7) is 0.779. The lowest BCUT2D eigenvalue weighted by molar-refractivity contribution is 0.674. The van der Waals surface area contributed by atoms with Gasteiger partial charge in [-0.15, -0.1) is 11.3 Å². The van der Waals surface area contributed by atoms with Crippen molar-refractivity contribution in [3.05, 3.63) is 94.1 Å². The number of hydrogen-bond donors (Lipinski definition) is 0. The van der Waals surface area contributed by atoms with Crippen molar-refractivity contribution in [2.24, 2.45) is 4.99 Å². The van der Waals surface area contributed by atoms with Crippen molar-refractivity contribution < 1.29 is 0 Å². The third-order valence-electron chi connectivity index (χ3n) is 4.11. The molecule has 1 aromatic carbocycles. The van der Waals surface area contributed by atoms with Crippen molar-refractivity contribution in [1.82, 2.24) is 14.5 Å². The van der Waals surface area contributed by atoms with E-state index in [0.29, 0.717) is 0 Å². The summed E-state index contributed by atoms with van der Waals surface area (Å²) in [7, 11) is 0. The average Bonchev–Trinajstić information content (AvgIpc) is 3.10. The van der Waals surface area contributed by atoms with Gasteiger partial charge in [-0.3, -0.25) is 9.97 Å². The van der Waals surface area contributed by atoms with Gasteiger partial charge < -0.3 is 4.57 Å². The Labute approximate surface area is 166 Å². The van der Waals surface area contributed by atoms with Gasteiger partial charge >= 0.3 is 0 Å². The molecule has 0 saturated carbocycles. The van der Waals surface area contributed by atoms with E-state index >= 15 is 0 Å². The van der Waals surface area contributed by atoms with E-state index in [1.54, 1.807) is 23.7 Å². The molecule has 0 spiro atoms. The van der Waals surface area contributed by atoms with Gasteiger partial charge in [0.1, 0.15) is 0 Å². The summed E-state index contributed by atoms with van der Waals surface area (Å²) >= 11 is 7.82. The quantitative estimate of drug-likeness (QED) is 0.472. The molecule has 4 aromatic rings. The summed E-state index contributed by atoms with van der Waals surface area (Å²) < 4.78 is 2.22. The molecule has 0 radical (unpaired) electrons. The van der Waals surface area contributed by atoms with E-state index in [1.165, 1.54) is 0 Å². The number of pyridine rings is 2. The Balaban J connectivity index is 1.76. The number of aromatic nitrogens is 3. The predicted molar refractivity (Wildman–Crippen MR) is 110 cm³/mol. The van der Waals surface area contributed by atoms with Crippen LogP contribution in [0.5, 0.6) is 0 Å². The number of nitrogens with zero attached hydrogens (tertiary/aromatic N) is 4. The first kappa shape index (κ1) is 17.6. The standard InChI is InChI=1S/C21H17ClN4S/c22-17-6-3-5-16(13-17)20-15-27-21(25-19-8-4-10-23-14-19)26(20)12-9-18-7-1-2-11-24-18/h1-8,10-11,13-15H,9,12H2. The molecule has 0 atom stereocenters. The molecule has 0 aliphatic heterocycles. The molecular formula is C21H17ClN4S. The lowest BCUT2D eigenvalue weighted by Crippen LogP contribution is -2.17. The first-order valence-corrected chi connectivity index (χ1v) is 9.84. The van der Waals surface area contributed by atoms with Gasteiger partial charge in [0.15, 0.2) is 4.80 Å². The fraction of sp³-hybridized carbons (Fsp3) is 0.0952. The van der Waals surface area contributed by atoms with Gasteiger partial charge in [-0.2, -0.15) is 0 Å². The molecule has 0 amide bonds. The average molecular weight is 393 g/mol. The third-order valence-corrected chi connectivity index (χ3v) is 5.21. The molecular weight excluding hydrogens is 376 g/mol. The van der Waals surface area contributed by atoms with E-state index in [2.05, 4.69) is 26.0 Å². The lowest BCUT2D eigenvalue weighted by Gasteiger charge is -2.09. The lowest BCUT2D eigenvalue weighted by atomic mass is 10.1. The molecule has 0 N–H and O–H groups in total. The molecule has 0 aliphatic rings. The van der Waals surface area contributed by atoms with E-state index in [-0.39, 0.29) is 0 Å². The van der Waals surface area contributed by atoms with Crippen molar-refractivity contribution in [1.29, 1.82) is 0 Å². The monoisotopic (exact) mass is 392 g/mol. The Kier molecular flexibility index (Phi) is 5.42. The van der Waals surface area contributed by atoms with Crippen LogP contribution in [-0.4, -0.2) is 14.5 Å². The highest BCUT2D eigenvalue weighted by Gasteiger charge is 2.09. The summed E-state index contributed by atoms with van der Waals surface area (Å²) in [5.41, 5.74) is 4.07. The van der Waals surface area contributed by atoms with E-state index < -0.39 is 0 Å². The Bertz CT molecular complexity index is 1090. The molecule has 6 heteroatoms. The van der Waals surface area contributed by atoms with Gasteiger partial charge in [0.2, 0.25) is 0 Å². The number of halogens is 1. The number of rotatable bonds is 5. The second-order valence-corrected chi connectivity index (χ2v) is 7.23. The van der Waals surface area contributed by atoms with Gasteiger partial charge in [-0.1, -0.05) is 29.8 Å². The maximum absolute atomic E-state index is 6.21. The molecule has 27 heavy (non-hydrogen) atoms. The first-order chi connectivity index (χ1) is 13.3. The molecule has 0 unspecified atom stereocenters. The highest BCUT2D eigenvalue weighted by atomic mass is 35.5. The largest absolute Gasteiger partial charge is 0.316 e. The number of hydrogen-bond acceptors (Lipinski definition) is 4. The second-order valence-electron chi connectivity index (χ2n) is 5.96. The van der Waals surface area contributed by atoms with E-state index in [4.69, 9.17) is 16.6 Å². The minimum Gasteiger partial charge on any atom is -0.316 e. The molecule has 3 aromatic heterocycles. The van der Waals surface area contributed by atoms with Crippen molar-refractivity contribution in [2.75, 3.05) is 0 Å². The van der Waals surface area contributed by atoms with Crippen molar-refractivity contribution in [3.63, 3.8) is 0 Å². The summed E-state index contributed by atoms with van der Waals surface area (Å²) in [6, 6.07) is 17.7. The van der Waals surface area contributed by atoms with Crippen LogP contribution in [0.1, 0.15) is 5.69 Å². The Morgan fingerprint density at radius 2 is 2.00 bits per heavy atom. The zero-order chi connectivity index (χ0) is 18.5. The minimum absolute atomic E-state index is 0.723. The van der Waals surface area contributed by atoms with Gasteiger partial charge in [0.05, 0.1) is 17.6 Å². The van der Waals surface area contributed by atoms with E-state index in [0.717, 1.165) is 45.4 Å². The fourth-order valence-electron chi connectivity index (χ4n) is 2.82. The normalized spacial score (nSPS) is 11.7. The molecule has 0 saturated heterocycles. The molecule has 4 rings (SSSR count). The molecule has 0 fully saturated rings. The Hall–Kier alpha value is -2.76. The molecule has 0 bridgehead atoms. The van der Waals surface area contributed by atoms with Crippen LogP contribution in [0, 0.1) is 0 Å². The minimum atomic E-state index is 0.723. The van der Waals surface area contributed by atoms with Crippen LogP contribution in [0.4, 0.5) is 5.69 Å². The number of benzene rings is 1. The first-order valence-electron chi connectivity index (χ1n) is 8.58. The summed E-state index contributed by atoms with van der Waals surface area (Å²) in [5, 5.41) is 2.85.